The maximum absolute atomic E-state index is 12.8. The van der Waals surface area contributed by atoms with Crippen LogP contribution in [0.1, 0.15) is 5.56 Å². The predicted octanol–water partition coefficient (Wildman–Crippen LogP) is 3.09. The van der Waals surface area contributed by atoms with Gasteiger partial charge in [0.25, 0.3) is 5.69 Å². The fourth-order valence-electron chi connectivity index (χ4n) is 1.65. The van der Waals surface area contributed by atoms with Gasteiger partial charge in [-0.2, -0.15) is 18.3 Å². The number of alkyl halides is 3. The fourth-order valence-corrected chi connectivity index (χ4v) is 1.65. The van der Waals surface area contributed by atoms with Crippen molar-refractivity contribution in [3.8, 4) is 0 Å². The number of aromatic nitrogens is 2. The molecule has 1 N–H and O–H groups in total. The van der Waals surface area contributed by atoms with Gasteiger partial charge in [0.1, 0.15) is 5.56 Å². The van der Waals surface area contributed by atoms with E-state index in [2.05, 4.69) is 10.4 Å². The standard InChI is InChI=1S/C11H9F3N4O2/c1-17-6-8(5-15-17)16-7-2-3-10(18(19)20)9(4-7)11(12,13)14/h2-6,16H,1H3. The minimum atomic E-state index is -4.80. The molecule has 0 spiro atoms. The van der Waals surface area contributed by atoms with Crippen LogP contribution in [0, 0.1) is 10.1 Å². The molecule has 0 fully saturated rings. The molecular weight excluding hydrogens is 277 g/mol. The van der Waals surface area contributed by atoms with E-state index in [-0.39, 0.29) is 5.69 Å². The maximum Gasteiger partial charge on any atom is 0.423 e. The molecule has 0 bridgehead atoms. The van der Waals surface area contributed by atoms with Gasteiger partial charge in [0.05, 0.1) is 16.8 Å². The summed E-state index contributed by atoms with van der Waals surface area (Å²) in [7, 11) is 1.65. The highest BCUT2D eigenvalue weighted by Crippen LogP contribution is 2.37. The van der Waals surface area contributed by atoms with E-state index in [4.69, 9.17) is 0 Å². The fraction of sp³-hybridized carbons (Fsp3) is 0.182. The second-order valence-corrected chi connectivity index (χ2v) is 4.01. The highest BCUT2D eigenvalue weighted by atomic mass is 19.4. The van der Waals surface area contributed by atoms with E-state index in [1.807, 2.05) is 0 Å². The van der Waals surface area contributed by atoms with Crippen molar-refractivity contribution >= 4 is 17.1 Å². The average molecular weight is 286 g/mol. The van der Waals surface area contributed by atoms with E-state index in [1.54, 1.807) is 13.2 Å². The van der Waals surface area contributed by atoms with Crippen molar-refractivity contribution in [2.45, 2.75) is 6.18 Å². The van der Waals surface area contributed by atoms with Gasteiger partial charge in [-0.1, -0.05) is 0 Å². The van der Waals surface area contributed by atoms with Crippen molar-refractivity contribution in [2.75, 3.05) is 5.32 Å². The van der Waals surface area contributed by atoms with E-state index >= 15 is 0 Å². The van der Waals surface area contributed by atoms with Crippen molar-refractivity contribution in [2.24, 2.45) is 7.05 Å². The first-order valence-electron chi connectivity index (χ1n) is 5.38. The van der Waals surface area contributed by atoms with Crippen LogP contribution in [0.3, 0.4) is 0 Å². The molecule has 20 heavy (non-hydrogen) atoms. The lowest BCUT2D eigenvalue weighted by Gasteiger charge is -2.10. The Bertz CT molecular complexity index is 651. The van der Waals surface area contributed by atoms with Crippen LogP contribution in [0.25, 0.3) is 0 Å². The molecule has 0 aliphatic heterocycles. The number of nitro groups is 1. The Morgan fingerprint density at radius 2 is 2.05 bits per heavy atom. The van der Waals surface area contributed by atoms with Gasteiger partial charge in [-0.05, 0) is 12.1 Å². The number of benzene rings is 1. The van der Waals surface area contributed by atoms with Crippen molar-refractivity contribution in [3.63, 3.8) is 0 Å². The van der Waals surface area contributed by atoms with Gasteiger partial charge in [-0.25, -0.2) is 0 Å². The summed E-state index contributed by atoms with van der Waals surface area (Å²) < 4.78 is 39.8. The summed E-state index contributed by atoms with van der Waals surface area (Å²) in [4.78, 5) is 9.55. The highest BCUT2D eigenvalue weighted by Gasteiger charge is 2.38. The molecule has 0 radical (unpaired) electrons. The number of hydrogen-bond acceptors (Lipinski definition) is 4. The van der Waals surface area contributed by atoms with Crippen LogP contribution in [0.15, 0.2) is 30.6 Å². The summed E-state index contributed by atoms with van der Waals surface area (Å²) in [6.07, 6.45) is -1.81. The molecule has 0 atom stereocenters. The Kier molecular flexibility index (Phi) is 3.35. The number of nitrogens with one attached hydrogen (secondary N) is 1. The van der Waals surface area contributed by atoms with Gasteiger partial charge in [-0.3, -0.25) is 14.8 Å². The van der Waals surface area contributed by atoms with Gasteiger partial charge in [-0.15, -0.1) is 0 Å². The third-order valence-corrected chi connectivity index (χ3v) is 2.49. The zero-order valence-corrected chi connectivity index (χ0v) is 10.2. The highest BCUT2D eigenvalue weighted by molar-refractivity contribution is 5.62. The summed E-state index contributed by atoms with van der Waals surface area (Å²) in [6, 6.07) is 2.73. The Labute approximate surface area is 111 Å². The van der Waals surface area contributed by atoms with E-state index in [9.17, 15) is 23.3 Å². The summed E-state index contributed by atoms with van der Waals surface area (Å²) in [5, 5.41) is 17.2. The Balaban J connectivity index is 2.39. The van der Waals surface area contributed by atoms with Crippen LogP contribution in [0.2, 0.25) is 0 Å². The molecular formula is C11H9F3N4O2. The van der Waals surface area contributed by atoms with Crippen molar-refractivity contribution in [3.05, 3.63) is 46.3 Å². The normalized spacial score (nSPS) is 11.4. The zero-order valence-electron chi connectivity index (χ0n) is 10.2. The molecule has 1 aromatic heterocycles. The van der Waals surface area contributed by atoms with Crippen LogP contribution in [0.5, 0.6) is 0 Å². The lowest BCUT2D eigenvalue weighted by Crippen LogP contribution is -2.09. The smallest absolute Gasteiger partial charge is 0.353 e. The molecule has 2 rings (SSSR count). The number of anilines is 2. The summed E-state index contributed by atoms with van der Waals surface area (Å²) in [5.74, 6) is 0. The first kappa shape index (κ1) is 13.8. The molecule has 0 amide bonds. The average Bonchev–Trinajstić information content (AvgIpc) is 2.73. The number of aryl methyl sites for hydroxylation is 1. The predicted molar refractivity (Wildman–Crippen MR) is 64.6 cm³/mol. The maximum atomic E-state index is 12.8. The first-order valence-corrected chi connectivity index (χ1v) is 5.38. The van der Waals surface area contributed by atoms with Gasteiger partial charge in [0.15, 0.2) is 0 Å². The van der Waals surface area contributed by atoms with E-state index in [1.165, 1.54) is 16.9 Å². The molecule has 0 saturated carbocycles. The van der Waals surface area contributed by atoms with E-state index < -0.39 is 22.4 Å². The van der Waals surface area contributed by atoms with Gasteiger partial charge < -0.3 is 5.32 Å². The van der Waals surface area contributed by atoms with Crippen molar-refractivity contribution < 1.29 is 18.1 Å². The molecule has 0 aliphatic carbocycles. The van der Waals surface area contributed by atoms with Crippen LogP contribution < -0.4 is 5.32 Å². The van der Waals surface area contributed by atoms with Crippen LogP contribution in [0.4, 0.5) is 30.2 Å². The van der Waals surface area contributed by atoms with Crippen LogP contribution in [-0.4, -0.2) is 14.7 Å². The third kappa shape index (κ3) is 2.87. The molecule has 1 aromatic carbocycles. The van der Waals surface area contributed by atoms with Gasteiger partial charge in [0, 0.05) is 25.0 Å². The van der Waals surface area contributed by atoms with Crippen molar-refractivity contribution in [1.29, 1.82) is 0 Å². The number of nitro benzene ring substituents is 1. The molecule has 2 aromatic rings. The Morgan fingerprint density at radius 1 is 1.35 bits per heavy atom. The number of hydrogen-bond donors (Lipinski definition) is 1. The van der Waals surface area contributed by atoms with E-state index in [0.717, 1.165) is 6.07 Å². The van der Waals surface area contributed by atoms with E-state index in [0.29, 0.717) is 11.8 Å². The molecule has 1 heterocycles. The monoisotopic (exact) mass is 286 g/mol. The molecule has 9 heteroatoms. The first-order chi connectivity index (χ1) is 9.27. The van der Waals surface area contributed by atoms with Crippen LogP contribution >= 0.6 is 0 Å². The molecule has 0 aliphatic rings. The second-order valence-electron chi connectivity index (χ2n) is 4.01. The molecule has 6 nitrogen and oxygen atoms in total. The van der Waals surface area contributed by atoms with Gasteiger partial charge in [0.2, 0.25) is 0 Å². The Morgan fingerprint density at radius 3 is 2.55 bits per heavy atom. The second kappa shape index (κ2) is 4.83. The Hall–Kier alpha value is -2.58. The minimum absolute atomic E-state index is 0.0934. The summed E-state index contributed by atoms with van der Waals surface area (Å²) in [6.45, 7) is 0. The minimum Gasteiger partial charge on any atom is -0.353 e. The summed E-state index contributed by atoms with van der Waals surface area (Å²) >= 11 is 0. The largest absolute Gasteiger partial charge is 0.423 e. The van der Waals surface area contributed by atoms with Crippen LogP contribution in [-0.2, 0) is 13.2 Å². The lowest BCUT2D eigenvalue weighted by molar-refractivity contribution is -0.388. The lowest BCUT2D eigenvalue weighted by atomic mass is 10.1. The SMILES string of the molecule is Cn1cc(Nc2ccc([N+](=O)[O-])c(C(F)(F)F)c2)cn1. The third-order valence-electron chi connectivity index (χ3n) is 2.49. The molecule has 106 valence electrons. The number of rotatable bonds is 3. The molecule has 0 saturated heterocycles. The van der Waals surface area contributed by atoms with Gasteiger partial charge >= 0.3 is 6.18 Å². The summed E-state index contributed by atoms with van der Waals surface area (Å²) in [5.41, 5.74) is -1.70. The zero-order chi connectivity index (χ0) is 14.9. The number of halogens is 3. The number of nitrogens with zero attached hydrogens (tertiary/aromatic N) is 3. The van der Waals surface area contributed by atoms with Crippen molar-refractivity contribution in [1.82, 2.24) is 9.78 Å². The quantitative estimate of drug-likeness (QED) is 0.695. The molecule has 0 unspecified atom stereocenters. The topological polar surface area (TPSA) is 73.0 Å².